The fourth-order valence-corrected chi connectivity index (χ4v) is 2.24. The molecule has 0 unspecified atom stereocenters. The molecule has 104 valence electrons. The van der Waals surface area contributed by atoms with E-state index in [1.807, 2.05) is 49.4 Å². The highest BCUT2D eigenvalue weighted by Gasteiger charge is 2.09. The maximum absolute atomic E-state index is 12.2. The minimum atomic E-state index is -0.249. The summed E-state index contributed by atoms with van der Waals surface area (Å²) in [5, 5.41) is 4.44. The summed E-state index contributed by atoms with van der Waals surface area (Å²) in [5.41, 5.74) is 2.81. The van der Waals surface area contributed by atoms with E-state index in [9.17, 15) is 4.79 Å². The van der Waals surface area contributed by atoms with Crippen LogP contribution in [0.25, 0.3) is 10.9 Å². The number of hydrogen-bond donors (Lipinski definition) is 1. The lowest BCUT2D eigenvalue weighted by Crippen LogP contribution is -2.13. The van der Waals surface area contributed by atoms with E-state index >= 15 is 0 Å². The standard InChI is InChI=1S/C17H13ClN2O/c1-11-6-8-13(10-14(11)18)19-17(21)16-9-7-12-4-2-3-5-15(12)20-16/h2-10H,1H3,(H,19,21). The second-order valence-corrected chi connectivity index (χ2v) is 5.21. The monoisotopic (exact) mass is 296 g/mol. The second kappa shape index (κ2) is 5.54. The van der Waals surface area contributed by atoms with Crippen molar-refractivity contribution in [2.75, 3.05) is 5.32 Å². The van der Waals surface area contributed by atoms with Crippen LogP contribution in [0.3, 0.4) is 0 Å². The molecule has 0 fully saturated rings. The van der Waals surface area contributed by atoms with Crippen LogP contribution in [0.2, 0.25) is 5.02 Å². The maximum Gasteiger partial charge on any atom is 0.274 e. The number of hydrogen-bond acceptors (Lipinski definition) is 2. The Morgan fingerprint density at radius 1 is 1.10 bits per heavy atom. The molecule has 1 amide bonds. The zero-order chi connectivity index (χ0) is 14.8. The molecule has 2 aromatic carbocycles. The summed E-state index contributed by atoms with van der Waals surface area (Å²) in [5.74, 6) is -0.249. The number of rotatable bonds is 2. The Morgan fingerprint density at radius 3 is 2.71 bits per heavy atom. The number of para-hydroxylation sites is 1. The summed E-state index contributed by atoms with van der Waals surface area (Å²) >= 11 is 6.05. The molecule has 3 aromatic rings. The van der Waals surface area contributed by atoms with Crippen LogP contribution in [0, 0.1) is 6.92 Å². The number of benzene rings is 2. The number of aromatic nitrogens is 1. The molecule has 21 heavy (non-hydrogen) atoms. The lowest BCUT2D eigenvalue weighted by Gasteiger charge is -2.07. The van der Waals surface area contributed by atoms with Crippen LogP contribution in [0.5, 0.6) is 0 Å². The predicted octanol–water partition coefficient (Wildman–Crippen LogP) is 4.45. The topological polar surface area (TPSA) is 42.0 Å². The third kappa shape index (κ3) is 2.88. The number of pyridine rings is 1. The van der Waals surface area contributed by atoms with Gasteiger partial charge in [0.1, 0.15) is 5.69 Å². The molecule has 0 saturated carbocycles. The number of halogens is 1. The number of aryl methyl sites for hydroxylation is 1. The molecule has 0 atom stereocenters. The summed E-state index contributed by atoms with van der Waals surface area (Å²) in [7, 11) is 0. The fourth-order valence-electron chi connectivity index (χ4n) is 2.06. The van der Waals surface area contributed by atoms with Crippen LogP contribution in [0.1, 0.15) is 16.1 Å². The summed E-state index contributed by atoms with van der Waals surface area (Å²) in [4.78, 5) is 16.6. The lowest BCUT2D eigenvalue weighted by atomic mass is 10.2. The first-order valence-electron chi connectivity index (χ1n) is 6.57. The van der Waals surface area contributed by atoms with Crippen LogP contribution in [-0.4, -0.2) is 10.9 Å². The van der Waals surface area contributed by atoms with Gasteiger partial charge in [0.15, 0.2) is 0 Å². The third-order valence-electron chi connectivity index (χ3n) is 3.26. The molecule has 0 saturated heterocycles. The molecule has 1 heterocycles. The van der Waals surface area contributed by atoms with Crippen LogP contribution in [-0.2, 0) is 0 Å². The molecule has 0 aliphatic carbocycles. The van der Waals surface area contributed by atoms with Crippen molar-refractivity contribution in [3.8, 4) is 0 Å². The number of nitrogens with one attached hydrogen (secondary N) is 1. The van der Waals surface area contributed by atoms with Gasteiger partial charge in [-0.05, 0) is 36.8 Å². The van der Waals surface area contributed by atoms with E-state index in [2.05, 4.69) is 10.3 Å². The molecule has 1 aromatic heterocycles. The van der Waals surface area contributed by atoms with Crippen LogP contribution in [0.15, 0.2) is 54.6 Å². The highest BCUT2D eigenvalue weighted by atomic mass is 35.5. The Morgan fingerprint density at radius 2 is 1.90 bits per heavy atom. The Hall–Kier alpha value is -2.39. The Bertz CT molecular complexity index is 830. The van der Waals surface area contributed by atoms with Crippen molar-refractivity contribution >= 4 is 34.1 Å². The molecule has 4 heteroatoms. The largest absolute Gasteiger partial charge is 0.321 e. The van der Waals surface area contributed by atoms with E-state index in [0.717, 1.165) is 16.5 Å². The van der Waals surface area contributed by atoms with Gasteiger partial charge >= 0.3 is 0 Å². The lowest BCUT2D eigenvalue weighted by molar-refractivity contribution is 0.102. The first-order chi connectivity index (χ1) is 10.1. The van der Waals surface area contributed by atoms with Crippen molar-refractivity contribution in [2.45, 2.75) is 6.92 Å². The number of carbonyl (C=O) groups excluding carboxylic acids is 1. The van der Waals surface area contributed by atoms with Gasteiger partial charge in [0.2, 0.25) is 0 Å². The Kier molecular flexibility index (Phi) is 3.59. The molecule has 0 spiro atoms. The average molecular weight is 297 g/mol. The molecule has 0 radical (unpaired) electrons. The quantitative estimate of drug-likeness (QED) is 0.759. The van der Waals surface area contributed by atoms with E-state index in [4.69, 9.17) is 11.6 Å². The molecular formula is C17H13ClN2O. The number of anilines is 1. The average Bonchev–Trinajstić information content (AvgIpc) is 2.50. The molecule has 0 bridgehead atoms. The fraction of sp³-hybridized carbons (Fsp3) is 0.0588. The molecule has 1 N–H and O–H groups in total. The molecule has 0 aliphatic heterocycles. The number of carbonyl (C=O) groups is 1. The molecule has 3 nitrogen and oxygen atoms in total. The van der Waals surface area contributed by atoms with Crippen molar-refractivity contribution in [3.63, 3.8) is 0 Å². The number of fused-ring (bicyclic) bond motifs is 1. The van der Waals surface area contributed by atoms with Crippen LogP contribution < -0.4 is 5.32 Å². The Balaban J connectivity index is 1.87. The van der Waals surface area contributed by atoms with E-state index in [-0.39, 0.29) is 5.91 Å². The summed E-state index contributed by atoms with van der Waals surface area (Å²) in [6.45, 7) is 1.92. The van der Waals surface area contributed by atoms with Crippen molar-refractivity contribution in [2.24, 2.45) is 0 Å². The predicted molar refractivity (Wildman–Crippen MR) is 85.9 cm³/mol. The second-order valence-electron chi connectivity index (χ2n) is 4.81. The molecular weight excluding hydrogens is 284 g/mol. The number of amides is 1. The smallest absolute Gasteiger partial charge is 0.274 e. The van der Waals surface area contributed by atoms with Gasteiger partial charge in [0.25, 0.3) is 5.91 Å². The van der Waals surface area contributed by atoms with Crippen LogP contribution >= 0.6 is 11.6 Å². The maximum atomic E-state index is 12.2. The van der Waals surface area contributed by atoms with Gasteiger partial charge in [0.05, 0.1) is 5.52 Å². The first-order valence-corrected chi connectivity index (χ1v) is 6.94. The third-order valence-corrected chi connectivity index (χ3v) is 3.67. The SMILES string of the molecule is Cc1ccc(NC(=O)c2ccc3ccccc3n2)cc1Cl. The summed E-state index contributed by atoms with van der Waals surface area (Å²) in [6, 6.07) is 16.7. The zero-order valence-corrected chi connectivity index (χ0v) is 12.2. The van der Waals surface area contributed by atoms with E-state index < -0.39 is 0 Å². The van der Waals surface area contributed by atoms with E-state index in [0.29, 0.717) is 16.4 Å². The number of nitrogens with zero attached hydrogens (tertiary/aromatic N) is 1. The van der Waals surface area contributed by atoms with Gasteiger partial charge in [-0.25, -0.2) is 4.98 Å². The van der Waals surface area contributed by atoms with Gasteiger partial charge in [0, 0.05) is 16.1 Å². The van der Waals surface area contributed by atoms with Gasteiger partial charge in [-0.2, -0.15) is 0 Å². The minimum Gasteiger partial charge on any atom is -0.321 e. The normalized spacial score (nSPS) is 10.6. The van der Waals surface area contributed by atoms with Gasteiger partial charge in [-0.3, -0.25) is 4.79 Å². The molecule has 0 aliphatic rings. The van der Waals surface area contributed by atoms with Crippen molar-refractivity contribution in [3.05, 3.63) is 70.9 Å². The van der Waals surface area contributed by atoms with Crippen molar-refractivity contribution in [1.82, 2.24) is 4.98 Å². The Labute approximate surface area is 127 Å². The highest BCUT2D eigenvalue weighted by Crippen LogP contribution is 2.20. The van der Waals surface area contributed by atoms with E-state index in [1.54, 1.807) is 12.1 Å². The first kappa shape index (κ1) is 13.6. The zero-order valence-electron chi connectivity index (χ0n) is 11.4. The van der Waals surface area contributed by atoms with Crippen molar-refractivity contribution in [1.29, 1.82) is 0 Å². The summed E-state index contributed by atoms with van der Waals surface area (Å²) < 4.78 is 0. The van der Waals surface area contributed by atoms with Gasteiger partial charge in [-0.15, -0.1) is 0 Å². The van der Waals surface area contributed by atoms with Crippen molar-refractivity contribution < 1.29 is 4.79 Å². The summed E-state index contributed by atoms with van der Waals surface area (Å²) in [6.07, 6.45) is 0. The molecule has 3 rings (SSSR count). The highest BCUT2D eigenvalue weighted by molar-refractivity contribution is 6.31. The minimum absolute atomic E-state index is 0.249. The van der Waals surface area contributed by atoms with Crippen LogP contribution in [0.4, 0.5) is 5.69 Å². The van der Waals surface area contributed by atoms with Gasteiger partial charge < -0.3 is 5.32 Å². The van der Waals surface area contributed by atoms with Gasteiger partial charge in [-0.1, -0.05) is 41.9 Å². The van der Waals surface area contributed by atoms with E-state index in [1.165, 1.54) is 0 Å².